The number of carbonyl (C=O) groups excluding carboxylic acids is 1. The molecule has 4 rings (SSSR count). The molecule has 1 atom stereocenters. The number of nitro benzene ring substituents is 1. The van der Waals surface area contributed by atoms with Gasteiger partial charge < -0.3 is 15.2 Å². The number of fused-ring (bicyclic) bond motifs is 3. The number of ether oxygens (including phenoxy) is 1. The highest BCUT2D eigenvalue weighted by Gasteiger charge is 2.42. The lowest BCUT2D eigenvalue weighted by molar-refractivity contribution is -0.385. The number of aliphatic carboxylic acids is 1. The van der Waals surface area contributed by atoms with Crippen molar-refractivity contribution in [2.45, 2.75) is 18.4 Å². The van der Waals surface area contributed by atoms with Crippen LogP contribution in [0.4, 0.5) is 10.5 Å². The van der Waals surface area contributed by atoms with Crippen LogP contribution in [0.25, 0.3) is 11.1 Å². The standard InChI is InChI=1S/C24H20N2O6/c1-32-23(29)25-24(14-22(27)28,16-7-4-8-17(13-16)26(30)31)21-11-5-10-19-18-9-3-2-6-15(18)12-20(19)21/h2-11,13H,12,14H2,1H3,(H,25,29)(H,27,28)/t24-/m0/s1. The molecule has 3 aromatic carbocycles. The van der Waals surface area contributed by atoms with Crippen LogP contribution >= 0.6 is 0 Å². The Kier molecular flexibility index (Phi) is 5.36. The van der Waals surface area contributed by atoms with Gasteiger partial charge >= 0.3 is 12.1 Å². The summed E-state index contributed by atoms with van der Waals surface area (Å²) in [6, 6.07) is 19.0. The van der Waals surface area contributed by atoms with Crippen molar-refractivity contribution in [3.63, 3.8) is 0 Å². The molecule has 0 heterocycles. The number of carboxylic acids is 1. The van der Waals surface area contributed by atoms with Gasteiger partial charge in [-0.1, -0.05) is 54.6 Å². The van der Waals surface area contributed by atoms with Crippen LogP contribution in [0.1, 0.15) is 28.7 Å². The molecule has 0 saturated heterocycles. The maximum Gasteiger partial charge on any atom is 0.407 e. The number of rotatable bonds is 6. The highest BCUT2D eigenvalue weighted by molar-refractivity contribution is 5.81. The second-order valence-corrected chi connectivity index (χ2v) is 7.57. The first kappa shape index (κ1) is 21.0. The Morgan fingerprint density at radius 3 is 2.53 bits per heavy atom. The molecule has 3 aromatic rings. The Labute approximate surface area is 183 Å². The maximum atomic E-state index is 12.4. The summed E-state index contributed by atoms with van der Waals surface area (Å²) in [4.78, 5) is 35.3. The van der Waals surface area contributed by atoms with E-state index in [0.29, 0.717) is 12.0 Å². The number of nitrogens with one attached hydrogen (secondary N) is 1. The van der Waals surface area contributed by atoms with Crippen molar-refractivity contribution in [1.82, 2.24) is 5.32 Å². The number of non-ortho nitro benzene ring substituents is 1. The molecule has 0 spiro atoms. The highest BCUT2D eigenvalue weighted by atomic mass is 16.6. The summed E-state index contributed by atoms with van der Waals surface area (Å²) in [5, 5.41) is 24.0. The van der Waals surface area contributed by atoms with Crippen molar-refractivity contribution in [2.24, 2.45) is 0 Å². The summed E-state index contributed by atoms with van der Waals surface area (Å²) in [6.07, 6.45) is -0.831. The Morgan fingerprint density at radius 2 is 1.81 bits per heavy atom. The van der Waals surface area contributed by atoms with Crippen LogP contribution in [0.2, 0.25) is 0 Å². The molecule has 0 aliphatic heterocycles. The van der Waals surface area contributed by atoms with Crippen molar-refractivity contribution in [2.75, 3.05) is 7.11 Å². The Morgan fingerprint density at radius 1 is 1.09 bits per heavy atom. The van der Waals surface area contributed by atoms with E-state index < -0.39 is 28.9 Å². The van der Waals surface area contributed by atoms with Gasteiger partial charge in [0.15, 0.2) is 0 Å². The predicted molar refractivity (Wildman–Crippen MR) is 116 cm³/mol. The first-order valence-corrected chi connectivity index (χ1v) is 9.89. The summed E-state index contributed by atoms with van der Waals surface area (Å²) < 4.78 is 4.81. The highest BCUT2D eigenvalue weighted by Crippen LogP contribution is 2.44. The molecule has 0 bridgehead atoms. The number of hydrogen-bond acceptors (Lipinski definition) is 5. The van der Waals surface area contributed by atoms with Crippen LogP contribution in [0.5, 0.6) is 0 Å². The van der Waals surface area contributed by atoms with Crippen LogP contribution in [-0.2, 0) is 21.5 Å². The molecule has 1 aliphatic carbocycles. The second-order valence-electron chi connectivity index (χ2n) is 7.57. The van der Waals surface area contributed by atoms with E-state index in [1.54, 1.807) is 18.2 Å². The molecule has 0 aromatic heterocycles. The van der Waals surface area contributed by atoms with Crippen molar-refractivity contribution in [1.29, 1.82) is 0 Å². The van der Waals surface area contributed by atoms with E-state index in [4.69, 9.17) is 4.74 Å². The van der Waals surface area contributed by atoms with Gasteiger partial charge in [-0.05, 0) is 39.8 Å². The van der Waals surface area contributed by atoms with Gasteiger partial charge in [0.05, 0.1) is 18.5 Å². The van der Waals surface area contributed by atoms with E-state index in [9.17, 15) is 24.8 Å². The molecule has 2 N–H and O–H groups in total. The van der Waals surface area contributed by atoms with E-state index in [2.05, 4.69) is 5.32 Å². The largest absolute Gasteiger partial charge is 0.481 e. The predicted octanol–water partition coefficient (Wildman–Crippen LogP) is 4.24. The summed E-state index contributed by atoms with van der Waals surface area (Å²) >= 11 is 0. The van der Waals surface area contributed by atoms with E-state index in [0.717, 1.165) is 22.3 Å². The number of benzene rings is 3. The lowest BCUT2D eigenvalue weighted by atomic mass is 9.76. The molecule has 0 saturated carbocycles. The fraction of sp³-hybridized carbons (Fsp3) is 0.167. The third-order valence-corrected chi connectivity index (χ3v) is 5.78. The van der Waals surface area contributed by atoms with Crippen LogP contribution < -0.4 is 5.32 Å². The van der Waals surface area contributed by atoms with Crippen molar-refractivity contribution >= 4 is 17.7 Å². The van der Waals surface area contributed by atoms with Gasteiger partial charge in [0.25, 0.3) is 5.69 Å². The zero-order valence-electron chi connectivity index (χ0n) is 17.2. The normalized spacial score (nSPS) is 13.4. The van der Waals surface area contributed by atoms with E-state index >= 15 is 0 Å². The van der Waals surface area contributed by atoms with Crippen molar-refractivity contribution in [3.05, 3.63) is 99.1 Å². The minimum Gasteiger partial charge on any atom is -0.481 e. The maximum absolute atomic E-state index is 12.4. The number of methoxy groups -OCH3 is 1. The zero-order chi connectivity index (χ0) is 22.9. The number of carbonyl (C=O) groups is 2. The van der Waals surface area contributed by atoms with Crippen LogP contribution in [0.3, 0.4) is 0 Å². The molecule has 8 nitrogen and oxygen atoms in total. The van der Waals surface area contributed by atoms with E-state index in [1.807, 2.05) is 30.3 Å². The smallest absolute Gasteiger partial charge is 0.407 e. The van der Waals surface area contributed by atoms with E-state index in [1.165, 1.54) is 25.3 Å². The number of hydrogen-bond donors (Lipinski definition) is 2. The Balaban J connectivity index is 2.01. The average Bonchev–Trinajstić information content (AvgIpc) is 3.17. The van der Waals surface area contributed by atoms with Crippen LogP contribution in [-0.4, -0.2) is 29.2 Å². The quantitative estimate of drug-likeness (QED) is 0.347. The number of nitrogens with zero attached hydrogens (tertiary/aromatic N) is 1. The van der Waals surface area contributed by atoms with Gasteiger partial charge in [0.2, 0.25) is 0 Å². The first-order chi connectivity index (χ1) is 15.4. The lowest BCUT2D eigenvalue weighted by Crippen LogP contribution is -2.49. The van der Waals surface area contributed by atoms with Crippen LogP contribution in [0.15, 0.2) is 66.7 Å². The molecule has 8 heteroatoms. The van der Waals surface area contributed by atoms with E-state index in [-0.39, 0.29) is 11.3 Å². The van der Waals surface area contributed by atoms with Gasteiger partial charge in [0, 0.05) is 12.1 Å². The van der Waals surface area contributed by atoms with Gasteiger partial charge in [-0.3, -0.25) is 14.9 Å². The molecule has 0 unspecified atom stereocenters. The molecular formula is C24H20N2O6. The number of alkyl carbamates (subject to hydrolysis) is 1. The molecule has 162 valence electrons. The molecular weight excluding hydrogens is 412 g/mol. The molecule has 0 fully saturated rings. The first-order valence-electron chi connectivity index (χ1n) is 9.89. The monoisotopic (exact) mass is 432 g/mol. The summed E-state index contributed by atoms with van der Waals surface area (Å²) in [5.41, 5.74) is 2.95. The Bertz CT molecular complexity index is 1240. The van der Waals surface area contributed by atoms with Gasteiger partial charge in [-0.25, -0.2) is 4.79 Å². The molecule has 1 amide bonds. The molecule has 1 aliphatic rings. The second kappa shape index (κ2) is 8.14. The summed E-state index contributed by atoms with van der Waals surface area (Å²) in [6.45, 7) is 0. The number of amides is 1. The number of nitro groups is 1. The minimum absolute atomic E-state index is 0.209. The van der Waals surface area contributed by atoms with Gasteiger partial charge in [-0.2, -0.15) is 0 Å². The topological polar surface area (TPSA) is 119 Å². The Hall–Kier alpha value is -4.20. The molecule has 0 radical (unpaired) electrons. The fourth-order valence-corrected chi connectivity index (χ4v) is 4.43. The average molecular weight is 432 g/mol. The zero-order valence-corrected chi connectivity index (χ0v) is 17.2. The van der Waals surface area contributed by atoms with Gasteiger partial charge in [0.1, 0.15) is 5.54 Å². The molecule has 32 heavy (non-hydrogen) atoms. The van der Waals surface area contributed by atoms with Crippen LogP contribution in [0, 0.1) is 10.1 Å². The van der Waals surface area contributed by atoms with Crippen molar-refractivity contribution < 1.29 is 24.4 Å². The minimum atomic E-state index is -1.58. The van der Waals surface area contributed by atoms with Gasteiger partial charge in [-0.15, -0.1) is 0 Å². The third kappa shape index (κ3) is 3.56. The fourth-order valence-electron chi connectivity index (χ4n) is 4.43. The van der Waals surface area contributed by atoms with Crippen molar-refractivity contribution in [3.8, 4) is 11.1 Å². The number of carboxylic acid groups (broad SMARTS) is 1. The third-order valence-electron chi connectivity index (χ3n) is 5.78. The summed E-state index contributed by atoms with van der Waals surface area (Å²) in [7, 11) is 1.18. The SMILES string of the molecule is COC(=O)N[C@@](CC(=O)O)(c1cccc([N+](=O)[O-])c1)c1cccc2c1Cc1ccccc1-2. The summed E-state index contributed by atoms with van der Waals surface area (Å²) in [5.74, 6) is -1.18. The lowest BCUT2D eigenvalue weighted by Gasteiger charge is -2.35.